The number of aromatic nitrogens is 1. The van der Waals surface area contributed by atoms with Gasteiger partial charge in [-0.3, -0.25) is 4.79 Å². The summed E-state index contributed by atoms with van der Waals surface area (Å²) in [5, 5.41) is 3.32. The highest BCUT2D eigenvalue weighted by atomic mass is 32.1. The molecular formula is C18H20N2O3S. The zero-order valence-corrected chi connectivity index (χ0v) is 14.2. The Morgan fingerprint density at radius 2 is 2.25 bits per heavy atom. The van der Waals surface area contributed by atoms with Crippen molar-refractivity contribution < 1.29 is 13.9 Å². The standard InChI is InChI=1S/C18H20N2O3S/c21-18(14-2-1-7-22-14)20-6-5-12-8-15(23-16(12)9-20)17-19-13(10-24-17)11-3-4-11/h1-2,7,10-12,15-16H,3-6,8-9H2/t12-,15-,16+/m1/s1. The van der Waals surface area contributed by atoms with Gasteiger partial charge in [0.1, 0.15) is 11.1 Å². The first-order chi connectivity index (χ1) is 11.8. The van der Waals surface area contributed by atoms with Crippen molar-refractivity contribution in [1.82, 2.24) is 9.88 Å². The Morgan fingerprint density at radius 1 is 1.33 bits per heavy atom. The predicted molar refractivity (Wildman–Crippen MR) is 89.0 cm³/mol. The minimum atomic E-state index is -0.0317. The summed E-state index contributed by atoms with van der Waals surface area (Å²) < 4.78 is 11.5. The van der Waals surface area contributed by atoms with Crippen LogP contribution in [0.5, 0.6) is 0 Å². The number of likely N-dealkylation sites (tertiary alicyclic amines) is 1. The van der Waals surface area contributed by atoms with Crippen LogP contribution in [0.1, 0.15) is 59.0 Å². The Balaban J connectivity index is 1.26. The first-order valence-electron chi connectivity index (χ1n) is 8.71. The molecule has 24 heavy (non-hydrogen) atoms. The maximum atomic E-state index is 12.5. The molecule has 2 aliphatic heterocycles. The third kappa shape index (κ3) is 2.58. The molecule has 0 N–H and O–H groups in total. The van der Waals surface area contributed by atoms with Crippen LogP contribution >= 0.6 is 11.3 Å². The van der Waals surface area contributed by atoms with E-state index in [-0.39, 0.29) is 18.1 Å². The summed E-state index contributed by atoms with van der Waals surface area (Å²) in [6, 6.07) is 3.48. The lowest BCUT2D eigenvalue weighted by Gasteiger charge is -2.33. The molecule has 1 amide bonds. The van der Waals surface area contributed by atoms with E-state index in [4.69, 9.17) is 14.1 Å². The van der Waals surface area contributed by atoms with Gasteiger partial charge in [0.05, 0.1) is 18.1 Å². The van der Waals surface area contributed by atoms with Crippen LogP contribution in [0, 0.1) is 5.92 Å². The van der Waals surface area contributed by atoms with Gasteiger partial charge in [-0.05, 0) is 43.7 Å². The van der Waals surface area contributed by atoms with Crippen LogP contribution < -0.4 is 0 Å². The van der Waals surface area contributed by atoms with Gasteiger partial charge >= 0.3 is 0 Å². The maximum Gasteiger partial charge on any atom is 0.289 e. The molecule has 3 aliphatic rings. The van der Waals surface area contributed by atoms with Crippen molar-refractivity contribution in [3.05, 3.63) is 40.2 Å². The number of thiazole rings is 1. The van der Waals surface area contributed by atoms with E-state index >= 15 is 0 Å². The Hall–Kier alpha value is -1.66. The molecule has 2 saturated heterocycles. The van der Waals surface area contributed by atoms with Crippen molar-refractivity contribution in [1.29, 1.82) is 0 Å². The molecule has 4 heterocycles. The van der Waals surface area contributed by atoms with Gasteiger partial charge in [-0.2, -0.15) is 0 Å². The van der Waals surface area contributed by atoms with Crippen LogP contribution in [-0.2, 0) is 4.74 Å². The Morgan fingerprint density at radius 3 is 3.04 bits per heavy atom. The third-order valence-electron chi connectivity index (χ3n) is 5.38. The second-order valence-electron chi connectivity index (χ2n) is 7.06. The van der Waals surface area contributed by atoms with Crippen molar-refractivity contribution in [2.45, 2.75) is 43.8 Å². The van der Waals surface area contributed by atoms with E-state index < -0.39 is 0 Å². The summed E-state index contributed by atoms with van der Waals surface area (Å²) in [6.45, 7) is 1.43. The molecular weight excluding hydrogens is 324 g/mol. The first kappa shape index (κ1) is 14.7. The van der Waals surface area contributed by atoms with Crippen molar-refractivity contribution >= 4 is 17.2 Å². The van der Waals surface area contributed by atoms with E-state index in [2.05, 4.69) is 5.38 Å². The summed E-state index contributed by atoms with van der Waals surface area (Å²) >= 11 is 1.73. The lowest BCUT2D eigenvalue weighted by Crippen LogP contribution is -2.45. The molecule has 126 valence electrons. The molecule has 2 aromatic heterocycles. The van der Waals surface area contributed by atoms with E-state index in [1.54, 1.807) is 29.7 Å². The molecule has 3 atom stereocenters. The first-order valence-corrected chi connectivity index (χ1v) is 9.59. The zero-order chi connectivity index (χ0) is 16.1. The molecule has 2 aromatic rings. The van der Waals surface area contributed by atoms with Gasteiger partial charge in [0.2, 0.25) is 0 Å². The minimum absolute atomic E-state index is 0.0317. The quantitative estimate of drug-likeness (QED) is 0.853. The highest BCUT2D eigenvalue weighted by Crippen LogP contribution is 2.45. The van der Waals surface area contributed by atoms with Crippen LogP contribution in [-0.4, -0.2) is 35.0 Å². The number of amides is 1. The molecule has 0 bridgehead atoms. The van der Waals surface area contributed by atoms with Gasteiger partial charge in [-0.15, -0.1) is 11.3 Å². The van der Waals surface area contributed by atoms with Gasteiger partial charge in [0.25, 0.3) is 5.91 Å². The van der Waals surface area contributed by atoms with Gasteiger partial charge < -0.3 is 14.1 Å². The van der Waals surface area contributed by atoms with Gasteiger partial charge in [-0.1, -0.05) is 0 Å². The molecule has 0 spiro atoms. The maximum absolute atomic E-state index is 12.5. The van der Waals surface area contributed by atoms with Crippen LogP contribution in [0.25, 0.3) is 0 Å². The van der Waals surface area contributed by atoms with E-state index in [9.17, 15) is 4.79 Å². The number of furan rings is 1. The number of hydrogen-bond donors (Lipinski definition) is 0. The lowest BCUT2D eigenvalue weighted by atomic mass is 9.92. The summed E-state index contributed by atoms with van der Waals surface area (Å²) in [6.07, 6.45) is 6.36. The number of hydrogen-bond acceptors (Lipinski definition) is 5. The average molecular weight is 344 g/mol. The molecule has 0 aromatic carbocycles. The van der Waals surface area contributed by atoms with Gasteiger partial charge in [0.15, 0.2) is 5.76 Å². The van der Waals surface area contributed by atoms with Crippen LogP contribution in [0.4, 0.5) is 0 Å². The fraction of sp³-hybridized carbons (Fsp3) is 0.556. The predicted octanol–water partition coefficient (Wildman–Crippen LogP) is 3.61. The molecule has 0 radical (unpaired) electrons. The Kier molecular flexibility index (Phi) is 3.49. The number of rotatable bonds is 3. The highest BCUT2D eigenvalue weighted by Gasteiger charge is 2.42. The molecule has 6 heteroatoms. The largest absolute Gasteiger partial charge is 0.459 e. The smallest absolute Gasteiger partial charge is 0.289 e. The summed E-state index contributed by atoms with van der Waals surface area (Å²) in [4.78, 5) is 19.1. The van der Waals surface area contributed by atoms with Crippen LogP contribution in [0.3, 0.4) is 0 Å². The molecule has 1 saturated carbocycles. The number of nitrogens with zero attached hydrogens (tertiary/aromatic N) is 2. The van der Waals surface area contributed by atoms with Gasteiger partial charge in [-0.25, -0.2) is 4.98 Å². The molecule has 1 aliphatic carbocycles. The third-order valence-corrected chi connectivity index (χ3v) is 6.34. The monoisotopic (exact) mass is 344 g/mol. The molecule has 5 nitrogen and oxygen atoms in total. The second-order valence-corrected chi connectivity index (χ2v) is 7.95. The van der Waals surface area contributed by atoms with E-state index in [1.807, 2.05) is 4.90 Å². The summed E-state index contributed by atoms with van der Waals surface area (Å²) in [5.41, 5.74) is 1.25. The topological polar surface area (TPSA) is 55.6 Å². The number of piperidine rings is 1. The minimum Gasteiger partial charge on any atom is -0.459 e. The Bertz CT molecular complexity index is 737. The SMILES string of the molecule is O=C(c1ccco1)N1CC[C@@H]2C[C@H](c3nc(C4CC4)cs3)O[C@H]2C1. The molecule has 5 rings (SSSR count). The zero-order valence-electron chi connectivity index (χ0n) is 13.4. The fourth-order valence-electron chi connectivity index (χ4n) is 3.85. The van der Waals surface area contributed by atoms with Crippen LogP contribution in [0.2, 0.25) is 0 Å². The Labute approximate surface area is 144 Å². The number of carbonyl (C=O) groups excluding carboxylic acids is 1. The molecule has 3 fully saturated rings. The molecule has 0 unspecified atom stereocenters. The van der Waals surface area contributed by atoms with Crippen molar-refractivity contribution in [3.63, 3.8) is 0 Å². The van der Waals surface area contributed by atoms with Crippen molar-refractivity contribution in [3.8, 4) is 0 Å². The number of carbonyl (C=O) groups is 1. The normalized spacial score (nSPS) is 29.7. The van der Waals surface area contributed by atoms with E-state index in [0.29, 0.717) is 24.1 Å². The van der Waals surface area contributed by atoms with E-state index in [0.717, 1.165) is 24.4 Å². The van der Waals surface area contributed by atoms with Gasteiger partial charge in [0, 0.05) is 24.4 Å². The number of ether oxygens (including phenoxy) is 1. The summed E-state index contributed by atoms with van der Waals surface area (Å²) in [5.74, 6) is 1.61. The van der Waals surface area contributed by atoms with Crippen LogP contribution in [0.15, 0.2) is 28.2 Å². The van der Waals surface area contributed by atoms with Crippen molar-refractivity contribution in [2.75, 3.05) is 13.1 Å². The second kappa shape index (κ2) is 5.70. The summed E-state index contributed by atoms with van der Waals surface area (Å²) in [7, 11) is 0. The van der Waals surface area contributed by atoms with Crippen molar-refractivity contribution in [2.24, 2.45) is 5.92 Å². The average Bonchev–Trinajstić information content (AvgIpc) is 3.06. The van der Waals surface area contributed by atoms with E-state index in [1.165, 1.54) is 18.5 Å². The lowest BCUT2D eigenvalue weighted by molar-refractivity contribution is -0.00533. The fourth-order valence-corrected chi connectivity index (χ4v) is 4.79. The number of fused-ring (bicyclic) bond motifs is 1. The highest BCUT2D eigenvalue weighted by molar-refractivity contribution is 7.09.